The summed E-state index contributed by atoms with van der Waals surface area (Å²) in [5.41, 5.74) is 2.27. The molecule has 3 heteroatoms. The molecule has 0 amide bonds. The third kappa shape index (κ3) is 3.09. The first-order valence-electron chi connectivity index (χ1n) is 10.2. The van der Waals surface area contributed by atoms with E-state index in [1.807, 2.05) is 6.07 Å². The lowest BCUT2D eigenvalue weighted by Crippen LogP contribution is -2.55. The van der Waals surface area contributed by atoms with Crippen molar-refractivity contribution in [3.8, 4) is 5.75 Å². The van der Waals surface area contributed by atoms with Crippen LogP contribution < -0.4 is 9.64 Å². The first-order chi connectivity index (χ1) is 13.3. The Morgan fingerprint density at radius 3 is 2.44 bits per heavy atom. The molecule has 1 aliphatic carbocycles. The van der Waals surface area contributed by atoms with Crippen LogP contribution >= 0.6 is 0 Å². The molecule has 3 nitrogen and oxygen atoms in total. The van der Waals surface area contributed by atoms with Crippen molar-refractivity contribution in [3.05, 3.63) is 72.0 Å². The summed E-state index contributed by atoms with van der Waals surface area (Å²) >= 11 is 0. The van der Waals surface area contributed by atoms with Gasteiger partial charge in [0.2, 0.25) is 0 Å². The van der Waals surface area contributed by atoms with Crippen LogP contribution in [0.5, 0.6) is 5.75 Å². The van der Waals surface area contributed by atoms with E-state index >= 15 is 0 Å². The Morgan fingerprint density at radius 1 is 0.852 bits per heavy atom. The van der Waals surface area contributed by atoms with Gasteiger partial charge in [0.15, 0.2) is 0 Å². The third-order valence-electron chi connectivity index (χ3n) is 6.26. The zero-order valence-corrected chi connectivity index (χ0v) is 15.8. The van der Waals surface area contributed by atoms with E-state index < -0.39 is 0 Å². The van der Waals surface area contributed by atoms with E-state index in [2.05, 4.69) is 59.5 Å². The molecule has 5 rings (SSSR count). The summed E-state index contributed by atoms with van der Waals surface area (Å²) in [5, 5.41) is 0. The maximum absolute atomic E-state index is 6.31. The average Bonchev–Trinajstić information content (AvgIpc) is 3.17. The molecule has 2 aromatic rings. The van der Waals surface area contributed by atoms with E-state index in [1.165, 1.54) is 43.4 Å². The van der Waals surface area contributed by atoms with Crippen molar-refractivity contribution in [2.45, 2.75) is 44.2 Å². The summed E-state index contributed by atoms with van der Waals surface area (Å²) in [6, 6.07) is 19.1. The Balaban J connectivity index is 1.51. The number of fused-ring (bicyclic) bond motifs is 1. The molecule has 27 heavy (non-hydrogen) atoms. The summed E-state index contributed by atoms with van der Waals surface area (Å²) in [6.07, 6.45) is 8.93. The number of nitrogens with zero attached hydrogens (tertiary/aromatic N) is 1. The van der Waals surface area contributed by atoms with Gasteiger partial charge in [-0.1, -0.05) is 61.7 Å². The number of ether oxygens (including phenoxy) is 2. The SMILES string of the molecule is C1=C(C2CCCCC2)OCC12COc1ccccc1N2Cc1ccccc1. The lowest BCUT2D eigenvalue weighted by Gasteiger charge is -2.44. The van der Waals surface area contributed by atoms with Crippen molar-refractivity contribution in [1.82, 2.24) is 0 Å². The lowest BCUT2D eigenvalue weighted by molar-refractivity contribution is 0.127. The minimum Gasteiger partial charge on any atom is -0.495 e. The van der Waals surface area contributed by atoms with Gasteiger partial charge in [-0.15, -0.1) is 0 Å². The molecule has 1 unspecified atom stereocenters. The lowest BCUT2D eigenvalue weighted by atomic mass is 9.86. The fourth-order valence-electron chi connectivity index (χ4n) is 4.75. The number of rotatable bonds is 3. The van der Waals surface area contributed by atoms with Gasteiger partial charge >= 0.3 is 0 Å². The van der Waals surface area contributed by atoms with Crippen LogP contribution in [0.3, 0.4) is 0 Å². The highest BCUT2D eigenvalue weighted by atomic mass is 16.5. The van der Waals surface area contributed by atoms with Crippen molar-refractivity contribution < 1.29 is 9.47 Å². The minimum absolute atomic E-state index is 0.211. The Kier molecular flexibility index (Phi) is 4.31. The highest BCUT2D eigenvalue weighted by Gasteiger charge is 2.46. The fourth-order valence-corrected chi connectivity index (χ4v) is 4.75. The molecule has 1 fully saturated rings. The van der Waals surface area contributed by atoms with E-state index in [4.69, 9.17) is 9.47 Å². The van der Waals surface area contributed by atoms with E-state index in [1.54, 1.807) is 0 Å². The quantitative estimate of drug-likeness (QED) is 0.739. The predicted octanol–water partition coefficient (Wildman–Crippen LogP) is 5.32. The molecule has 2 aromatic carbocycles. The molecule has 0 N–H and O–H groups in total. The van der Waals surface area contributed by atoms with Crippen LogP contribution in [0.2, 0.25) is 0 Å². The fraction of sp³-hybridized carbons (Fsp3) is 0.417. The molecule has 1 saturated carbocycles. The predicted molar refractivity (Wildman–Crippen MR) is 108 cm³/mol. The summed E-state index contributed by atoms with van der Waals surface area (Å²) in [4.78, 5) is 2.50. The Bertz CT molecular complexity index is 825. The third-order valence-corrected chi connectivity index (χ3v) is 6.26. The molecule has 0 radical (unpaired) electrons. The largest absolute Gasteiger partial charge is 0.495 e. The first-order valence-corrected chi connectivity index (χ1v) is 10.2. The second kappa shape index (κ2) is 6.95. The van der Waals surface area contributed by atoms with Gasteiger partial charge in [0.1, 0.15) is 24.5 Å². The number of anilines is 1. The van der Waals surface area contributed by atoms with Gasteiger partial charge in [0.05, 0.1) is 11.4 Å². The van der Waals surface area contributed by atoms with Crippen LogP contribution in [0.15, 0.2) is 66.4 Å². The van der Waals surface area contributed by atoms with Crippen molar-refractivity contribution in [2.24, 2.45) is 5.92 Å². The molecule has 1 spiro atoms. The minimum atomic E-state index is -0.211. The number of hydrogen-bond donors (Lipinski definition) is 0. The van der Waals surface area contributed by atoms with Gasteiger partial charge in [-0.2, -0.15) is 0 Å². The second-order valence-electron chi connectivity index (χ2n) is 8.10. The zero-order valence-electron chi connectivity index (χ0n) is 15.8. The van der Waals surface area contributed by atoms with Gasteiger partial charge < -0.3 is 14.4 Å². The maximum Gasteiger partial charge on any atom is 0.142 e. The van der Waals surface area contributed by atoms with Gasteiger partial charge in [0, 0.05) is 12.5 Å². The molecule has 0 aromatic heterocycles. The van der Waals surface area contributed by atoms with Crippen LogP contribution in [0.1, 0.15) is 37.7 Å². The van der Waals surface area contributed by atoms with Crippen LogP contribution in [-0.4, -0.2) is 18.8 Å². The smallest absolute Gasteiger partial charge is 0.142 e. The van der Waals surface area contributed by atoms with Crippen molar-refractivity contribution >= 4 is 5.69 Å². The number of hydrogen-bond acceptors (Lipinski definition) is 3. The monoisotopic (exact) mass is 361 g/mol. The van der Waals surface area contributed by atoms with E-state index in [0.29, 0.717) is 19.1 Å². The van der Waals surface area contributed by atoms with Crippen LogP contribution in [0.25, 0.3) is 0 Å². The molecule has 0 bridgehead atoms. The van der Waals surface area contributed by atoms with Crippen molar-refractivity contribution in [1.29, 1.82) is 0 Å². The number of allylic oxidation sites excluding steroid dienone is 1. The van der Waals surface area contributed by atoms with Gasteiger partial charge in [-0.05, 0) is 36.6 Å². The van der Waals surface area contributed by atoms with E-state index in [-0.39, 0.29) is 5.54 Å². The zero-order chi connectivity index (χ0) is 18.1. The molecule has 1 atom stereocenters. The molecule has 3 aliphatic rings. The van der Waals surface area contributed by atoms with Crippen LogP contribution in [0.4, 0.5) is 5.69 Å². The van der Waals surface area contributed by atoms with Crippen molar-refractivity contribution in [3.63, 3.8) is 0 Å². The van der Waals surface area contributed by atoms with E-state index in [9.17, 15) is 0 Å². The number of para-hydroxylation sites is 2. The molecule has 2 aliphatic heterocycles. The summed E-state index contributed by atoms with van der Waals surface area (Å²) < 4.78 is 12.5. The van der Waals surface area contributed by atoms with Crippen molar-refractivity contribution in [2.75, 3.05) is 18.1 Å². The van der Waals surface area contributed by atoms with Gasteiger partial charge in [0.25, 0.3) is 0 Å². The highest BCUT2D eigenvalue weighted by molar-refractivity contribution is 5.64. The molecule has 140 valence electrons. The molecule has 2 heterocycles. The van der Waals surface area contributed by atoms with E-state index in [0.717, 1.165) is 18.0 Å². The molecule has 0 saturated heterocycles. The summed E-state index contributed by atoms with van der Waals surface area (Å²) in [6.45, 7) is 2.19. The standard InChI is InChI=1S/C24H27NO2/c1-3-9-19(10-4-1)16-25-21-13-7-8-14-22(21)26-17-24(25)15-23(27-18-24)20-11-5-2-6-12-20/h1,3-4,7-10,13-15,20H,2,5-6,11-12,16-18H2. The van der Waals surface area contributed by atoms with Gasteiger partial charge in [-0.3, -0.25) is 0 Å². The Morgan fingerprint density at radius 2 is 1.59 bits per heavy atom. The average molecular weight is 361 g/mol. The summed E-state index contributed by atoms with van der Waals surface area (Å²) in [5.74, 6) is 2.77. The summed E-state index contributed by atoms with van der Waals surface area (Å²) in [7, 11) is 0. The maximum atomic E-state index is 6.31. The highest BCUT2D eigenvalue weighted by Crippen LogP contribution is 2.44. The molecular formula is C24H27NO2. The normalized spacial score (nSPS) is 24.9. The Labute approximate surface area is 161 Å². The van der Waals surface area contributed by atoms with Gasteiger partial charge in [-0.25, -0.2) is 0 Å². The second-order valence-corrected chi connectivity index (χ2v) is 8.10. The Hall–Kier alpha value is -2.42. The molecular weight excluding hydrogens is 334 g/mol. The number of benzene rings is 2. The van der Waals surface area contributed by atoms with Crippen LogP contribution in [0, 0.1) is 5.92 Å². The topological polar surface area (TPSA) is 21.7 Å². The van der Waals surface area contributed by atoms with Crippen LogP contribution in [-0.2, 0) is 11.3 Å². The first kappa shape index (κ1) is 16.7.